The zero-order valence-electron chi connectivity index (χ0n) is 19.4. The Bertz CT molecular complexity index is 1260. The van der Waals surface area contributed by atoms with Gasteiger partial charge in [-0.3, -0.25) is 14.4 Å². The van der Waals surface area contributed by atoms with Gasteiger partial charge in [-0.25, -0.2) is 4.39 Å². The number of H-pyrrole nitrogens is 1. The van der Waals surface area contributed by atoms with Gasteiger partial charge < -0.3 is 29.8 Å². The number of amides is 2. The Kier molecular flexibility index (Phi) is 8.09. The average Bonchev–Trinajstić information content (AvgIpc) is 2.92. The van der Waals surface area contributed by atoms with E-state index in [2.05, 4.69) is 10.3 Å². The van der Waals surface area contributed by atoms with Gasteiger partial charge in [0.2, 0.25) is 5.43 Å². The molecule has 1 aliphatic heterocycles. The number of aliphatic hydroxyl groups is 1. The van der Waals surface area contributed by atoms with Crippen LogP contribution in [-0.4, -0.2) is 59.2 Å². The number of halogens is 1. The van der Waals surface area contributed by atoms with Crippen LogP contribution in [0.5, 0.6) is 5.75 Å². The predicted octanol–water partition coefficient (Wildman–Crippen LogP) is 1.86. The molecule has 1 aliphatic rings. The lowest BCUT2D eigenvalue weighted by atomic mass is 10.1. The molecule has 1 saturated heterocycles. The van der Waals surface area contributed by atoms with Crippen LogP contribution in [0.3, 0.4) is 0 Å². The van der Waals surface area contributed by atoms with Crippen LogP contribution in [0, 0.1) is 5.82 Å². The average molecular weight is 496 g/mol. The molecule has 3 N–H and O–H groups in total. The molecule has 4 rings (SSSR count). The van der Waals surface area contributed by atoms with E-state index in [0.29, 0.717) is 5.56 Å². The fourth-order valence-corrected chi connectivity index (χ4v) is 3.80. The number of aliphatic hydroxyl groups excluding tert-OH is 1. The topological polar surface area (TPSA) is 121 Å². The second-order valence-electron chi connectivity index (χ2n) is 8.23. The van der Waals surface area contributed by atoms with E-state index in [1.807, 2.05) is 18.2 Å². The largest absolute Gasteiger partial charge is 0.483 e. The number of carbonyl (C=O) groups excluding carboxylic acids is 2. The van der Waals surface area contributed by atoms with Crippen molar-refractivity contribution in [2.24, 2.45) is 0 Å². The number of nitrogens with zero attached hydrogens (tertiary/aromatic N) is 1. The van der Waals surface area contributed by atoms with Crippen molar-refractivity contribution in [1.82, 2.24) is 15.2 Å². The minimum Gasteiger partial charge on any atom is -0.483 e. The molecule has 1 aromatic heterocycles. The van der Waals surface area contributed by atoms with E-state index >= 15 is 0 Å². The normalized spacial score (nSPS) is 15.4. The third kappa shape index (κ3) is 5.78. The van der Waals surface area contributed by atoms with Crippen LogP contribution in [0.1, 0.15) is 32.0 Å². The summed E-state index contributed by atoms with van der Waals surface area (Å²) in [6.45, 7) is 0.445. The minimum atomic E-state index is -0.751. The van der Waals surface area contributed by atoms with E-state index < -0.39 is 29.1 Å². The van der Waals surface area contributed by atoms with Gasteiger partial charge in [0.05, 0.1) is 25.9 Å². The Morgan fingerprint density at radius 3 is 2.61 bits per heavy atom. The number of pyridine rings is 1. The fraction of sp³-hybridized carbons (Fsp3) is 0.269. The highest BCUT2D eigenvalue weighted by Crippen LogP contribution is 2.19. The minimum absolute atomic E-state index is 0.00259. The molecule has 3 aromatic rings. The number of hydrogen-bond acceptors (Lipinski definition) is 6. The van der Waals surface area contributed by atoms with Crippen molar-refractivity contribution in [3.63, 3.8) is 0 Å². The summed E-state index contributed by atoms with van der Waals surface area (Å²) in [5, 5.41) is 12.3. The summed E-state index contributed by atoms with van der Waals surface area (Å²) in [6.07, 6.45) is 1.17. The second kappa shape index (κ2) is 11.6. The smallest absolute Gasteiger partial charge is 0.274 e. The molecule has 0 saturated carbocycles. The van der Waals surface area contributed by atoms with E-state index in [9.17, 15) is 23.9 Å². The van der Waals surface area contributed by atoms with Gasteiger partial charge in [-0.2, -0.15) is 0 Å². The zero-order chi connectivity index (χ0) is 25.5. The summed E-state index contributed by atoms with van der Waals surface area (Å²) >= 11 is 0. The molecule has 9 nitrogen and oxygen atoms in total. The van der Waals surface area contributed by atoms with Crippen LogP contribution < -0.4 is 15.5 Å². The van der Waals surface area contributed by atoms with Gasteiger partial charge in [0.25, 0.3) is 11.8 Å². The molecule has 0 aliphatic carbocycles. The van der Waals surface area contributed by atoms with Gasteiger partial charge in [0.15, 0.2) is 11.4 Å². The SMILES string of the molecule is O=C(NCc1ccc(F)cc1)c1c[nH]c(C(=O)N2CCOCC2CO)c(OCc2ccccc2)c1=O. The Hall–Kier alpha value is -4.02. The Balaban J connectivity index is 1.62. The Labute approximate surface area is 206 Å². The third-order valence-corrected chi connectivity index (χ3v) is 5.79. The number of ether oxygens (including phenoxy) is 2. The van der Waals surface area contributed by atoms with Gasteiger partial charge in [0.1, 0.15) is 18.0 Å². The molecule has 36 heavy (non-hydrogen) atoms. The van der Waals surface area contributed by atoms with Crippen LogP contribution in [-0.2, 0) is 17.9 Å². The van der Waals surface area contributed by atoms with Crippen molar-refractivity contribution in [2.45, 2.75) is 19.2 Å². The van der Waals surface area contributed by atoms with Crippen LogP contribution in [0.2, 0.25) is 0 Å². The van der Waals surface area contributed by atoms with Crippen molar-refractivity contribution in [2.75, 3.05) is 26.4 Å². The maximum absolute atomic E-state index is 13.4. The molecule has 2 heterocycles. The lowest BCUT2D eigenvalue weighted by molar-refractivity contribution is -0.0188. The van der Waals surface area contributed by atoms with E-state index in [0.717, 1.165) is 5.56 Å². The molecule has 2 aromatic carbocycles. The van der Waals surface area contributed by atoms with Crippen LogP contribution in [0.15, 0.2) is 65.6 Å². The first-order chi connectivity index (χ1) is 17.5. The van der Waals surface area contributed by atoms with Crippen molar-refractivity contribution >= 4 is 11.8 Å². The summed E-state index contributed by atoms with van der Waals surface area (Å²) < 4.78 is 24.3. The Morgan fingerprint density at radius 1 is 1.14 bits per heavy atom. The van der Waals surface area contributed by atoms with Crippen molar-refractivity contribution < 1.29 is 28.6 Å². The predicted molar refractivity (Wildman–Crippen MR) is 128 cm³/mol. The van der Waals surface area contributed by atoms with Crippen molar-refractivity contribution in [3.05, 3.63) is 99.2 Å². The van der Waals surface area contributed by atoms with E-state index in [1.165, 1.54) is 35.4 Å². The third-order valence-electron chi connectivity index (χ3n) is 5.79. The van der Waals surface area contributed by atoms with Crippen LogP contribution in [0.4, 0.5) is 4.39 Å². The van der Waals surface area contributed by atoms with Crippen molar-refractivity contribution in [1.29, 1.82) is 0 Å². The summed E-state index contributed by atoms with van der Waals surface area (Å²) in [5.74, 6) is -1.91. The van der Waals surface area contributed by atoms with E-state index in [4.69, 9.17) is 9.47 Å². The number of benzene rings is 2. The first kappa shape index (κ1) is 25.1. The van der Waals surface area contributed by atoms with Crippen LogP contribution >= 0.6 is 0 Å². The molecule has 1 atom stereocenters. The maximum Gasteiger partial charge on any atom is 0.274 e. The number of morpholine rings is 1. The first-order valence-electron chi connectivity index (χ1n) is 11.4. The highest BCUT2D eigenvalue weighted by Gasteiger charge is 2.31. The second-order valence-corrected chi connectivity index (χ2v) is 8.23. The first-order valence-corrected chi connectivity index (χ1v) is 11.4. The summed E-state index contributed by atoms with van der Waals surface area (Å²) in [6, 6.07) is 14.1. The van der Waals surface area contributed by atoms with Crippen LogP contribution in [0.25, 0.3) is 0 Å². The number of carbonyl (C=O) groups is 2. The summed E-state index contributed by atoms with van der Waals surface area (Å²) in [7, 11) is 0. The molecule has 1 fully saturated rings. The Morgan fingerprint density at radius 2 is 1.89 bits per heavy atom. The standard InChI is InChI=1S/C26H26FN3O6/c27-19-8-6-17(7-9-19)12-29-25(33)21-13-28-22(26(34)30-10-11-35-16-20(30)14-31)24(23(21)32)36-15-18-4-2-1-3-5-18/h1-9,13,20,31H,10-12,14-16H2,(H,28,32)(H,29,33). The lowest BCUT2D eigenvalue weighted by Gasteiger charge is -2.34. The molecular formula is C26H26FN3O6. The van der Waals surface area contributed by atoms with Gasteiger partial charge in [-0.05, 0) is 23.3 Å². The quantitative estimate of drug-likeness (QED) is 0.439. The lowest BCUT2D eigenvalue weighted by Crippen LogP contribution is -2.51. The van der Waals surface area contributed by atoms with E-state index in [-0.39, 0.29) is 56.5 Å². The summed E-state index contributed by atoms with van der Waals surface area (Å²) in [4.78, 5) is 43.7. The molecule has 188 valence electrons. The van der Waals surface area contributed by atoms with Gasteiger partial charge in [-0.15, -0.1) is 0 Å². The fourth-order valence-electron chi connectivity index (χ4n) is 3.80. The zero-order valence-corrected chi connectivity index (χ0v) is 19.4. The highest BCUT2D eigenvalue weighted by molar-refractivity contribution is 5.98. The molecular weight excluding hydrogens is 469 g/mol. The number of rotatable bonds is 8. The molecule has 10 heteroatoms. The molecule has 2 amide bonds. The summed E-state index contributed by atoms with van der Waals surface area (Å²) in [5.41, 5.74) is 0.305. The van der Waals surface area contributed by atoms with Gasteiger partial charge >= 0.3 is 0 Å². The molecule has 0 bridgehead atoms. The number of hydrogen-bond donors (Lipinski definition) is 3. The van der Waals surface area contributed by atoms with Gasteiger partial charge in [-0.1, -0.05) is 42.5 Å². The number of aromatic nitrogens is 1. The highest BCUT2D eigenvalue weighted by atomic mass is 19.1. The number of aromatic amines is 1. The van der Waals surface area contributed by atoms with E-state index in [1.54, 1.807) is 12.1 Å². The molecule has 0 radical (unpaired) electrons. The number of nitrogens with one attached hydrogen (secondary N) is 2. The van der Waals surface area contributed by atoms with Gasteiger partial charge in [0, 0.05) is 19.3 Å². The molecule has 1 unspecified atom stereocenters. The van der Waals surface area contributed by atoms with Crippen molar-refractivity contribution in [3.8, 4) is 5.75 Å². The monoisotopic (exact) mass is 495 g/mol. The molecule has 0 spiro atoms. The maximum atomic E-state index is 13.4.